The quantitative estimate of drug-likeness (QED) is 0.859. The normalized spacial score (nSPS) is 27.6. The van der Waals surface area contributed by atoms with Gasteiger partial charge in [0.2, 0.25) is 0 Å². The van der Waals surface area contributed by atoms with Crippen molar-refractivity contribution in [3.63, 3.8) is 0 Å². The summed E-state index contributed by atoms with van der Waals surface area (Å²) in [4.78, 5) is 14.0. The predicted molar refractivity (Wildman–Crippen MR) is 74.9 cm³/mol. The summed E-state index contributed by atoms with van der Waals surface area (Å²) >= 11 is 0. The zero-order valence-electron chi connectivity index (χ0n) is 11.3. The monoisotopic (exact) mass is 273 g/mol. The van der Waals surface area contributed by atoms with Crippen LogP contribution < -0.4 is 0 Å². The van der Waals surface area contributed by atoms with Crippen molar-refractivity contribution in [2.75, 3.05) is 13.2 Å². The molecule has 0 aromatic heterocycles. The summed E-state index contributed by atoms with van der Waals surface area (Å²) in [5, 5.41) is 9.41. The third-order valence-corrected chi connectivity index (χ3v) is 4.13. The summed E-state index contributed by atoms with van der Waals surface area (Å²) in [7, 11) is 0. The van der Waals surface area contributed by atoms with E-state index in [4.69, 9.17) is 4.74 Å². The highest BCUT2D eigenvalue weighted by Crippen LogP contribution is 2.34. The van der Waals surface area contributed by atoms with Gasteiger partial charge in [0, 0.05) is 19.1 Å². The lowest BCUT2D eigenvalue weighted by Gasteiger charge is -2.45. The number of piperidine rings is 1. The number of amides is 1. The predicted octanol–water partition coefficient (Wildman–Crippen LogP) is 2.19. The third kappa shape index (κ3) is 2.56. The highest BCUT2D eigenvalue weighted by Gasteiger charge is 2.40. The largest absolute Gasteiger partial charge is 0.445 e. The van der Waals surface area contributed by atoms with E-state index in [1.165, 1.54) is 0 Å². The lowest BCUT2D eigenvalue weighted by Crippen LogP contribution is -2.53. The van der Waals surface area contributed by atoms with Gasteiger partial charge in [0.15, 0.2) is 0 Å². The van der Waals surface area contributed by atoms with E-state index < -0.39 is 0 Å². The Hall–Kier alpha value is -1.81. The average molecular weight is 273 g/mol. The minimum atomic E-state index is -0.286. The second kappa shape index (κ2) is 5.67. The molecule has 4 heteroatoms. The summed E-state index contributed by atoms with van der Waals surface area (Å²) in [6.07, 6.45) is 4.85. The molecule has 1 aromatic carbocycles. The van der Waals surface area contributed by atoms with E-state index in [1.807, 2.05) is 36.4 Å². The van der Waals surface area contributed by atoms with Gasteiger partial charge in [-0.25, -0.2) is 4.79 Å². The van der Waals surface area contributed by atoms with E-state index in [0.717, 1.165) is 12.0 Å². The van der Waals surface area contributed by atoms with Crippen molar-refractivity contribution in [3.8, 4) is 0 Å². The number of ether oxygens (including phenoxy) is 1. The van der Waals surface area contributed by atoms with E-state index in [-0.39, 0.29) is 24.7 Å². The number of aliphatic hydroxyl groups excluding tert-OH is 1. The molecule has 1 N–H and O–H groups in total. The first-order valence-corrected chi connectivity index (χ1v) is 7.04. The molecule has 4 nitrogen and oxygen atoms in total. The smallest absolute Gasteiger partial charge is 0.410 e. The molecule has 2 unspecified atom stereocenters. The number of rotatable bonds is 3. The van der Waals surface area contributed by atoms with Gasteiger partial charge in [0.1, 0.15) is 6.61 Å². The summed E-state index contributed by atoms with van der Waals surface area (Å²) in [6.45, 7) is 1.11. The third-order valence-electron chi connectivity index (χ3n) is 4.13. The van der Waals surface area contributed by atoms with Crippen molar-refractivity contribution >= 4 is 6.09 Å². The van der Waals surface area contributed by atoms with Gasteiger partial charge in [-0.05, 0) is 17.9 Å². The fourth-order valence-corrected chi connectivity index (χ4v) is 3.08. The topological polar surface area (TPSA) is 49.8 Å². The molecule has 1 aromatic rings. The first-order chi connectivity index (χ1) is 9.78. The standard InChI is InChI=1S/C16H19NO3/c18-10-14-8-13-6-7-15(14)17(9-13)16(19)20-11-12-4-2-1-3-5-12/h1-7,13-15,18H,8-11H2/t13?,14-,15?/m1/s1. The van der Waals surface area contributed by atoms with Crippen LogP contribution >= 0.6 is 0 Å². The molecule has 2 heterocycles. The average Bonchev–Trinajstić information content (AvgIpc) is 2.53. The van der Waals surface area contributed by atoms with Crippen molar-refractivity contribution in [3.05, 3.63) is 48.0 Å². The number of hydrogen-bond donors (Lipinski definition) is 1. The van der Waals surface area contributed by atoms with E-state index in [9.17, 15) is 9.90 Å². The molecule has 3 aliphatic rings. The fraction of sp³-hybridized carbons (Fsp3) is 0.438. The molecule has 2 bridgehead atoms. The summed E-state index contributed by atoms with van der Waals surface area (Å²) in [5.74, 6) is 0.490. The first-order valence-electron chi connectivity index (χ1n) is 7.04. The molecule has 1 aliphatic carbocycles. The van der Waals surface area contributed by atoms with E-state index in [2.05, 4.69) is 6.08 Å². The van der Waals surface area contributed by atoms with Crippen LogP contribution in [0.1, 0.15) is 12.0 Å². The van der Waals surface area contributed by atoms with Gasteiger partial charge in [-0.3, -0.25) is 0 Å². The van der Waals surface area contributed by atoms with E-state index in [0.29, 0.717) is 19.1 Å². The number of benzene rings is 1. The SMILES string of the molecule is O=C(OCc1ccccc1)N1CC2C=CC1[C@@H](CO)C2. The Bertz CT molecular complexity index is 500. The molecule has 0 saturated carbocycles. The van der Waals surface area contributed by atoms with Crippen LogP contribution in [0.2, 0.25) is 0 Å². The highest BCUT2D eigenvalue weighted by atomic mass is 16.6. The Labute approximate surface area is 118 Å². The maximum Gasteiger partial charge on any atom is 0.410 e. The van der Waals surface area contributed by atoms with Crippen molar-refractivity contribution in [1.82, 2.24) is 4.90 Å². The van der Waals surface area contributed by atoms with Crippen LogP contribution in [0.4, 0.5) is 4.79 Å². The van der Waals surface area contributed by atoms with Crippen molar-refractivity contribution in [2.45, 2.75) is 19.1 Å². The van der Waals surface area contributed by atoms with E-state index in [1.54, 1.807) is 4.90 Å². The van der Waals surface area contributed by atoms with Gasteiger partial charge >= 0.3 is 6.09 Å². The van der Waals surface area contributed by atoms with Gasteiger partial charge in [0.05, 0.1) is 6.04 Å². The summed E-state index contributed by atoms with van der Waals surface area (Å²) in [5.41, 5.74) is 0.984. The highest BCUT2D eigenvalue weighted by molar-refractivity contribution is 5.69. The number of fused-ring (bicyclic) bond motifs is 2. The summed E-state index contributed by atoms with van der Waals surface area (Å²) < 4.78 is 5.38. The van der Waals surface area contributed by atoms with E-state index >= 15 is 0 Å². The van der Waals surface area contributed by atoms with Gasteiger partial charge < -0.3 is 14.7 Å². The van der Waals surface area contributed by atoms with Gasteiger partial charge in [-0.1, -0.05) is 42.5 Å². The van der Waals surface area contributed by atoms with Crippen molar-refractivity contribution in [1.29, 1.82) is 0 Å². The molecule has 1 fully saturated rings. The van der Waals surface area contributed by atoms with Crippen LogP contribution in [-0.4, -0.2) is 35.3 Å². The van der Waals surface area contributed by atoms with Crippen LogP contribution in [0.5, 0.6) is 0 Å². The first kappa shape index (κ1) is 13.2. The zero-order chi connectivity index (χ0) is 13.9. The van der Waals surface area contributed by atoms with Crippen molar-refractivity contribution in [2.24, 2.45) is 11.8 Å². The number of carbonyl (C=O) groups excluding carboxylic acids is 1. The Kier molecular flexibility index (Phi) is 3.74. The molecule has 106 valence electrons. The molecule has 2 aliphatic heterocycles. The van der Waals surface area contributed by atoms with Crippen LogP contribution in [0.15, 0.2) is 42.5 Å². The number of aliphatic hydroxyl groups is 1. The van der Waals surface area contributed by atoms with Gasteiger partial charge in [-0.15, -0.1) is 0 Å². The van der Waals surface area contributed by atoms with Gasteiger partial charge in [-0.2, -0.15) is 0 Å². The fourth-order valence-electron chi connectivity index (χ4n) is 3.08. The molecule has 0 radical (unpaired) electrons. The van der Waals surface area contributed by atoms with Crippen LogP contribution in [0.25, 0.3) is 0 Å². The van der Waals surface area contributed by atoms with Crippen LogP contribution in [0, 0.1) is 11.8 Å². The lowest BCUT2D eigenvalue weighted by atomic mass is 9.78. The van der Waals surface area contributed by atoms with Crippen LogP contribution in [-0.2, 0) is 11.3 Å². The Morgan fingerprint density at radius 2 is 2.10 bits per heavy atom. The maximum atomic E-state index is 12.2. The molecule has 1 saturated heterocycles. The Balaban J connectivity index is 1.62. The van der Waals surface area contributed by atoms with Gasteiger partial charge in [0.25, 0.3) is 0 Å². The Morgan fingerprint density at radius 1 is 1.30 bits per heavy atom. The number of nitrogens with zero attached hydrogens (tertiary/aromatic N) is 1. The molecule has 1 amide bonds. The minimum absolute atomic E-state index is 0.0201. The lowest BCUT2D eigenvalue weighted by molar-refractivity contribution is 0.0294. The molecule has 3 atom stereocenters. The minimum Gasteiger partial charge on any atom is -0.445 e. The molecular weight excluding hydrogens is 254 g/mol. The molecular formula is C16H19NO3. The maximum absolute atomic E-state index is 12.2. The second-order valence-corrected chi connectivity index (χ2v) is 5.51. The second-order valence-electron chi connectivity index (χ2n) is 5.51. The Morgan fingerprint density at radius 3 is 2.80 bits per heavy atom. The van der Waals surface area contributed by atoms with Crippen LogP contribution in [0.3, 0.4) is 0 Å². The molecule has 4 rings (SSSR count). The number of hydrogen-bond acceptors (Lipinski definition) is 3. The summed E-state index contributed by atoms with van der Waals surface area (Å²) in [6, 6.07) is 9.64. The molecule has 20 heavy (non-hydrogen) atoms. The zero-order valence-corrected chi connectivity index (χ0v) is 11.3. The van der Waals surface area contributed by atoms with Crippen molar-refractivity contribution < 1.29 is 14.6 Å². The number of carbonyl (C=O) groups is 1. The molecule has 0 spiro atoms.